The number of thiophene rings is 1. The molecule has 0 radical (unpaired) electrons. The number of carbonyl (C=O) groups excluding carboxylic acids is 1. The van der Waals surface area contributed by atoms with Crippen LogP contribution in [0.2, 0.25) is 0 Å². The zero-order valence-corrected chi connectivity index (χ0v) is 13.3. The summed E-state index contributed by atoms with van der Waals surface area (Å²) in [5, 5.41) is 19.8. The summed E-state index contributed by atoms with van der Waals surface area (Å²) in [4.78, 5) is 34.7. The van der Waals surface area contributed by atoms with Gasteiger partial charge in [0.25, 0.3) is 5.91 Å². The first kappa shape index (κ1) is 15.8. The zero-order valence-electron chi connectivity index (χ0n) is 12.5. The van der Waals surface area contributed by atoms with Crippen LogP contribution in [0.5, 0.6) is 0 Å². The predicted octanol–water partition coefficient (Wildman–Crippen LogP) is 1.28. The largest absolute Gasteiger partial charge is 0.351 e. The molecule has 10 heteroatoms. The number of aromatic nitrogens is 2. The van der Waals surface area contributed by atoms with Crippen LogP contribution in [-0.4, -0.2) is 51.9 Å². The Labute approximate surface area is 140 Å². The molecule has 0 atom stereocenters. The highest BCUT2D eigenvalue weighted by Gasteiger charge is 2.26. The average molecular weight is 344 g/mol. The number of piperazine rings is 1. The lowest BCUT2D eigenvalue weighted by atomic mass is 10.2. The SMILES string of the molecule is N#Cc1nccnc1N1CCN(C(=O)c2ccc([N+](=O)[O-])s2)CC1. The molecule has 122 valence electrons. The van der Waals surface area contributed by atoms with Crippen LogP contribution in [0.15, 0.2) is 24.5 Å². The minimum atomic E-state index is -0.503. The van der Waals surface area contributed by atoms with Crippen LogP contribution in [0.1, 0.15) is 15.4 Å². The van der Waals surface area contributed by atoms with Crippen LogP contribution in [0, 0.1) is 21.4 Å². The topological polar surface area (TPSA) is 116 Å². The van der Waals surface area contributed by atoms with E-state index in [-0.39, 0.29) is 16.6 Å². The highest BCUT2D eigenvalue weighted by molar-refractivity contribution is 7.17. The molecule has 0 saturated carbocycles. The maximum Gasteiger partial charge on any atom is 0.324 e. The lowest BCUT2D eigenvalue weighted by molar-refractivity contribution is -0.380. The van der Waals surface area contributed by atoms with E-state index in [2.05, 4.69) is 9.97 Å². The van der Waals surface area contributed by atoms with Crippen molar-refractivity contribution in [2.45, 2.75) is 0 Å². The van der Waals surface area contributed by atoms with Crippen molar-refractivity contribution in [2.24, 2.45) is 0 Å². The highest BCUT2D eigenvalue weighted by atomic mass is 32.1. The van der Waals surface area contributed by atoms with Crippen LogP contribution in [0.3, 0.4) is 0 Å². The number of carbonyl (C=O) groups is 1. The smallest absolute Gasteiger partial charge is 0.324 e. The van der Waals surface area contributed by atoms with Gasteiger partial charge in [-0.3, -0.25) is 14.9 Å². The van der Waals surface area contributed by atoms with E-state index in [4.69, 9.17) is 5.26 Å². The zero-order chi connectivity index (χ0) is 17.1. The highest BCUT2D eigenvalue weighted by Crippen LogP contribution is 2.26. The lowest BCUT2D eigenvalue weighted by Crippen LogP contribution is -2.49. The number of hydrogen-bond acceptors (Lipinski definition) is 8. The predicted molar refractivity (Wildman–Crippen MR) is 85.8 cm³/mol. The van der Waals surface area contributed by atoms with E-state index >= 15 is 0 Å². The molecule has 1 saturated heterocycles. The van der Waals surface area contributed by atoms with Gasteiger partial charge in [-0.2, -0.15) is 5.26 Å². The van der Waals surface area contributed by atoms with Crippen LogP contribution in [0.4, 0.5) is 10.8 Å². The summed E-state index contributed by atoms with van der Waals surface area (Å²) < 4.78 is 0. The molecule has 1 aliphatic heterocycles. The Bertz CT molecular complexity index is 822. The average Bonchev–Trinajstić information content (AvgIpc) is 3.11. The summed E-state index contributed by atoms with van der Waals surface area (Å²) >= 11 is 0.877. The molecular weight excluding hydrogens is 332 g/mol. The first-order chi connectivity index (χ1) is 11.6. The fourth-order valence-corrected chi connectivity index (χ4v) is 3.25. The van der Waals surface area contributed by atoms with Gasteiger partial charge in [-0.15, -0.1) is 0 Å². The van der Waals surface area contributed by atoms with Gasteiger partial charge < -0.3 is 9.80 Å². The fourth-order valence-electron chi connectivity index (χ4n) is 2.46. The van der Waals surface area contributed by atoms with E-state index in [9.17, 15) is 14.9 Å². The third-order valence-corrected chi connectivity index (χ3v) is 4.66. The van der Waals surface area contributed by atoms with Crippen molar-refractivity contribution in [3.8, 4) is 6.07 Å². The number of amides is 1. The van der Waals surface area contributed by atoms with Gasteiger partial charge >= 0.3 is 5.00 Å². The van der Waals surface area contributed by atoms with E-state index in [0.29, 0.717) is 36.9 Å². The van der Waals surface area contributed by atoms with Crippen molar-refractivity contribution in [3.05, 3.63) is 45.2 Å². The van der Waals surface area contributed by atoms with E-state index in [1.165, 1.54) is 24.5 Å². The van der Waals surface area contributed by atoms with Gasteiger partial charge in [0.15, 0.2) is 11.5 Å². The molecule has 0 bridgehead atoms. The second kappa shape index (κ2) is 6.59. The summed E-state index contributed by atoms with van der Waals surface area (Å²) in [5.41, 5.74) is 0.256. The van der Waals surface area contributed by atoms with Gasteiger partial charge in [0.2, 0.25) is 0 Å². The molecule has 0 N–H and O–H groups in total. The summed E-state index contributed by atoms with van der Waals surface area (Å²) in [5.74, 6) is 0.297. The molecule has 2 aromatic rings. The lowest BCUT2D eigenvalue weighted by Gasteiger charge is -2.35. The Balaban J connectivity index is 1.67. The minimum Gasteiger partial charge on any atom is -0.351 e. The Morgan fingerprint density at radius 2 is 1.96 bits per heavy atom. The summed E-state index contributed by atoms with van der Waals surface area (Å²) in [6, 6.07) is 4.83. The van der Waals surface area contributed by atoms with Crippen molar-refractivity contribution < 1.29 is 9.72 Å². The van der Waals surface area contributed by atoms with E-state index in [1.54, 1.807) is 4.90 Å². The van der Waals surface area contributed by atoms with Gasteiger partial charge in [0.05, 0.1) is 9.80 Å². The van der Waals surface area contributed by atoms with Crippen LogP contribution in [0.25, 0.3) is 0 Å². The summed E-state index contributed by atoms with van der Waals surface area (Å²) in [6.45, 7) is 1.94. The number of nitrogens with zero attached hydrogens (tertiary/aromatic N) is 6. The van der Waals surface area contributed by atoms with Gasteiger partial charge in [-0.05, 0) is 6.07 Å². The second-order valence-electron chi connectivity index (χ2n) is 5.01. The van der Waals surface area contributed by atoms with Crippen molar-refractivity contribution in [2.75, 3.05) is 31.1 Å². The fraction of sp³-hybridized carbons (Fsp3) is 0.286. The molecule has 3 heterocycles. The normalized spacial score (nSPS) is 14.3. The first-order valence-corrected chi connectivity index (χ1v) is 7.91. The van der Waals surface area contributed by atoms with Crippen molar-refractivity contribution in [1.82, 2.24) is 14.9 Å². The third kappa shape index (κ3) is 3.02. The molecule has 2 aromatic heterocycles. The number of rotatable bonds is 3. The van der Waals surface area contributed by atoms with Crippen molar-refractivity contribution in [1.29, 1.82) is 5.26 Å². The Morgan fingerprint density at radius 3 is 2.58 bits per heavy atom. The third-order valence-electron chi connectivity index (χ3n) is 3.63. The monoisotopic (exact) mass is 344 g/mol. The van der Waals surface area contributed by atoms with Gasteiger partial charge in [-0.1, -0.05) is 11.3 Å². The number of nitriles is 1. The Kier molecular flexibility index (Phi) is 4.35. The van der Waals surface area contributed by atoms with E-state index in [1.807, 2.05) is 11.0 Å². The van der Waals surface area contributed by atoms with E-state index < -0.39 is 4.92 Å². The minimum absolute atomic E-state index is 0.0461. The quantitative estimate of drug-likeness (QED) is 0.608. The number of hydrogen-bond donors (Lipinski definition) is 0. The van der Waals surface area contributed by atoms with Crippen LogP contribution < -0.4 is 4.90 Å². The standard InChI is InChI=1S/C14H12N6O3S/c15-9-10-13(17-4-3-16-10)18-5-7-19(8-6-18)14(21)11-1-2-12(24-11)20(22)23/h1-4H,5-8H2. The molecule has 0 unspecified atom stereocenters. The maximum atomic E-state index is 12.4. The van der Waals surface area contributed by atoms with Crippen LogP contribution >= 0.6 is 11.3 Å². The number of nitro groups is 1. The molecular formula is C14H12N6O3S. The molecule has 0 aromatic carbocycles. The molecule has 1 fully saturated rings. The second-order valence-corrected chi connectivity index (χ2v) is 6.08. The molecule has 24 heavy (non-hydrogen) atoms. The Morgan fingerprint density at radius 1 is 1.25 bits per heavy atom. The van der Waals surface area contributed by atoms with Crippen LogP contribution in [-0.2, 0) is 0 Å². The molecule has 3 rings (SSSR count). The van der Waals surface area contributed by atoms with Crippen molar-refractivity contribution >= 4 is 28.1 Å². The number of anilines is 1. The van der Waals surface area contributed by atoms with Crippen molar-refractivity contribution in [3.63, 3.8) is 0 Å². The van der Waals surface area contributed by atoms with Gasteiger partial charge in [0.1, 0.15) is 6.07 Å². The van der Waals surface area contributed by atoms with Gasteiger partial charge in [0, 0.05) is 44.6 Å². The summed E-state index contributed by atoms with van der Waals surface area (Å²) in [6.07, 6.45) is 2.99. The van der Waals surface area contributed by atoms with Gasteiger partial charge in [-0.25, -0.2) is 9.97 Å². The molecule has 0 spiro atoms. The molecule has 9 nitrogen and oxygen atoms in total. The molecule has 0 aliphatic carbocycles. The Hall–Kier alpha value is -3.06. The van der Waals surface area contributed by atoms with E-state index in [0.717, 1.165) is 11.3 Å². The maximum absolute atomic E-state index is 12.4. The molecule has 1 amide bonds. The summed E-state index contributed by atoms with van der Waals surface area (Å²) in [7, 11) is 0. The first-order valence-electron chi connectivity index (χ1n) is 7.09. The molecule has 1 aliphatic rings.